The van der Waals surface area contributed by atoms with Gasteiger partial charge in [-0.1, -0.05) is 19.8 Å². The SMILES string of the molecule is CCCCCN(c1nc2c(s1)CCCC2=O)C(C)C. The van der Waals surface area contributed by atoms with Crippen LogP contribution in [0.4, 0.5) is 5.13 Å². The summed E-state index contributed by atoms with van der Waals surface area (Å²) in [5.74, 6) is 0.237. The van der Waals surface area contributed by atoms with E-state index in [1.54, 1.807) is 11.3 Å². The third-order valence-electron chi connectivity index (χ3n) is 3.63. The van der Waals surface area contributed by atoms with Crippen molar-refractivity contribution in [3.63, 3.8) is 0 Å². The van der Waals surface area contributed by atoms with Crippen molar-refractivity contribution in [1.82, 2.24) is 4.98 Å². The minimum absolute atomic E-state index is 0.237. The topological polar surface area (TPSA) is 33.2 Å². The number of hydrogen-bond donors (Lipinski definition) is 0. The van der Waals surface area contributed by atoms with Crippen LogP contribution in [0.2, 0.25) is 0 Å². The van der Waals surface area contributed by atoms with Gasteiger partial charge in [-0.05, 0) is 33.1 Å². The Labute approximate surface area is 120 Å². The summed E-state index contributed by atoms with van der Waals surface area (Å²) in [6.07, 6.45) is 6.39. The maximum absolute atomic E-state index is 11.9. The number of anilines is 1. The van der Waals surface area contributed by atoms with Crippen molar-refractivity contribution < 1.29 is 4.79 Å². The molecule has 0 N–H and O–H groups in total. The molecule has 1 aliphatic carbocycles. The first kappa shape index (κ1) is 14.5. The summed E-state index contributed by atoms with van der Waals surface area (Å²) in [4.78, 5) is 20.1. The van der Waals surface area contributed by atoms with E-state index >= 15 is 0 Å². The zero-order chi connectivity index (χ0) is 13.8. The molecule has 3 nitrogen and oxygen atoms in total. The molecule has 0 aliphatic heterocycles. The Morgan fingerprint density at radius 3 is 2.74 bits per heavy atom. The molecule has 106 valence electrons. The number of rotatable bonds is 6. The van der Waals surface area contributed by atoms with Crippen LogP contribution in [0.15, 0.2) is 0 Å². The van der Waals surface area contributed by atoms with Crippen LogP contribution in [-0.4, -0.2) is 23.4 Å². The molecule has 0 saturated carbocycles. The van der Waals surface area contributed by atoms with Crippen molar-refractivity contribution in [2.75, 3.05) is 11.4 Å². The van der Waals surface area contributed by atoms with Crippen LogP contribution in [-0.2, 0) is 6.42 Å². The van der Waals surface area contributed by atoms with Crippen molar-refractivity contribution >= 4 is 22.3 Å². The lowest BCUT2D eigenvalue weighted by molar-refractivity contribution is 0.0968. The number of nitrogens with zero attached hydrogens (tertiary/aromatic N) is 2. The van der Waals surface area contributed by atoms with E-state index in [4.69, 9.17) is 0 Å². The summed E-state index contributed by atoms with van der Waals surface area (Å²) in [7, 11) is 0. The number of Topliss-reactive ketones (excluding diaryl/α,β-unsaturated/α-hetero) is 1. The molecule has 19 heavy (non-hydrogen) atoms. The van der Waals surface area contributed by atoms with Gasteiger partial charge in [0, 0.05) is 23.9 Å². The van der Waals surface area contributed by atoms with E-state index in [9.17, 15) is 4.79 Å². The summed E-state index contributed by atoms with van der Waals surface area (Å²) >= 11 is 1.73. The zero-order valence-corrected chi connectivity index (χ0v) is 13.1. The number of thiazole rings is 1. The van der Waals surface area contributed by atoms with Gasteiger partial charge in [0.1, 0.15) is 5.69 Å². The van der Waals surface area contributed by atoms with Crippen molar-refractivity contribution in [1.29, 1.82) is 0 Å². The smallest absolute Gasteiger partial charge is 0.186 e. The molecule has 0 spiro atoms. The van der Waals surface area contributed by atoms with Crippen molar-refractivity contribution in [3.05, 3.63) is 10.6 Å². The molecular weight excluding hydrogens is 256 g/mol. The molecular formula is C15H24N2OS. The highest BCUT2D eigenvalue weighted by molar-refractivity contribution is 7.16. The molecule has 0 bridgehead atoms. The standard InChI is InChI=1S/C15H24N2OS/c1-4-5-6-10-17(11(2)3)15-16-14-12(18)8-7-9-13(14)19-15/h11H,4-10H2,1-3H3. The van der Waals surface area contributed by atoms with Crippen molar-refractivity contribution in [2.45, 2.75) is 65.3 Å². The molecule has 0 atom stereocenters. The minimum Gasteiger partial charge on any atom is -0.346 e. The molecule has 0 aromatic carbocycles. The van der Waals surface area contributed by atoms with Gasteiger partial charge in [0.25, 0.3) is 0 Å². The number of fused-ring (bicyclic) bond motifs is 1. The monoisotopic (exact) mass is 280 g/mol. The van der Waals surface area contributed by atoms with Gasteiger partial charge in [-0.2, -0.15) is 0 Å². The third kappa shape index (κ3) is 3.35. The number of unbranched alkanes of at least 4 members (excludes halogenated alkanes) is 2. The van der Waals surface area contributed by atoms with Crippen LogP contribution in [0.5, 0.6) is 0 Å². The van der Waals surface area contributed by atoms with Gasteiger partial charge in [0.15, 0.2) is 10.9 Å². The molecule has 1 aromatic heterocycles. The minimum atomic E-state index is 0.237. The molecule has 4 heteroatoms. The Bertz CT molecular complexity index is 439. The Morgan fingerprint density at radius 2 is 2.11 bits per heavy atom. The van der Waals surface area contributed by atoms with E-state index in [1.165, 1.54) is 24.1 Å². The fourth-order valence-corrected chi connectivity index (χ4v) is 3.76. The van der Waals surface area contributed by atoms with E-state index in [-0.39, 0.29) is 5.78 Å². The summed E-state index contributed by atoms with van der Waals surface area (Å²) in [5.41, 5.74) is 0.757. The lowest BCUT2D eigenvalue weighted by Crippen LogP contribution is -2.31. The molecule has 2 rings (SSSR count). The first-order chi connectivity index (χ1) is 9.13. The summed E-state index contributed by atoms with van der Waals surface area (Å²) < 4.78 is 0. The number of carbonyl (C=O) groups is 1. The van der Waals surface area contributed by atoms with E-state index in [0.29, 0.717) is 12.5 Å². The Balaban J connectivity index is 2.15. The average molecular weight is 280 g/mol. The number of ketones is 1. The van der Waals surface area contributed by atoms with Crippen LogP contribution in [0.25, 0.3) is 0 Å². The fraction of sp³-hybridized carbons (Fsp3) is 0.733. The molecule has 0 radical (unpaired) electrons. The first-order valence-corrected chi connectivity index (χ1v) is 8.24. The van der Waals surface area contributed by atoms with Gasteiger partial charge in [0.05, 0.1) is 0 Å². The van der Waals surface area contributed by atoms with Gasteiger partial charge in [-0.25, -0.2) is 4.98 Å². The van der Waals surface area contributed by atoms with Gasteiger partial charge in [0.2, 0.25) is 0 Å². The summed E-state index contributed by atoms with van der Waals surface area (Å²) in [5, 5.41) is 1.05. The van der Waals surface area contributed by atoms with Gasteiger partial charge < -0.3 is 4.90 Å². The lowest BCUT2D eigenvalue weighted by atomic mass is 10.0. The predicted molar refractivity (Wildman–Crippen MR) is 81.4 cm³/mol. The van der Waals surface area contributed by atoms with Gasteiger partial charge in [-0.15, -0.1) is 11.3 Å². The first-order valence-electron chi connectivity index (χ1n) is 7.43. The zero-order valence-electron chi connectivity index (χ0n) is 12.2. The second-order valence-electron chi connectivity index (χ2n) is 5.54. The average Bonchev–Trinajstić information content (AvgIpc) is 2.79. The number of aryl methyl sites for hydroxylation is 1. The van der Waals surface area contributed by atoms with Gasteiger partial charge >= 0.3 is 0 Å². The Hall–Kier alpha value is -0.900. The van der Waals surface area contributed by atoms with Crippen LogP contribution >= 0.6 is 11.3 Å². The largest absolute Gasteiger partial charge is 0.346 e. The number of aromatic nitrogens is 1. The predicted octanol–water partition coefficient (Wildman–Crippen LogP) is 4.07. The second kappa shape index (κ2) is 6.51. The highest BCUT2D eigenvalue weighted by Gasteiger charge is 2.24. The molecule has 0 fully saturated rings. The molecule has 0 amide bonds. The molecule has 0 unspecified atom stereocenters. The van der Waals surface area contributed by atoms with E-state index < -0.39 is 0 Å². The van der Waals surface area contributed by atoms with Crippen molar-refractivity contribution in [2.24, 2.45) is 0 Å². The highest BCUT2D eigenvalue weighted by atomic mass is 32.1. The normalized spacial score (nSPS) is 14.8. The summed E-state index contributed by atoms with van der Waals surface area (Å²) in [6.45, 7) is 7.68. The maximum Gasteiger partial charge on any atom is 0.186 e. The maximum atomic E-state index is 11.9. The number of hydrogen-bond acceptors (Lipinski definition) is 4. The van der Waals surface area contributed by atoms with Gasteiger partial charge in [-0.3, -0.25) is 4.79 Å². The lowest BCUT2D eigenvalue weighted by Gasteiger charge is -2.26. The van der Waals surface area contributed by atoms with Crippen LogP contribution in [0.1, 0.15) is 68.2 Å². The third-order valence-corrected chi connectivity index (χ3v) is 4.78. The van der Waals surface area contributed by atoms with E-state index in [2.05, 4.69) is 30.7 Å². The van der Waals surface area contributed by atoms with Crippen LogP contribution in [0.3, 0.4) is 0 Å². The quantitative estimate of drug-likeness (QED) is 0.737. The van der Waals surface area contributed by atoms with E-state index in [0.717, 1.165) is 30.2 Å². The molecule has 1 aliphatic rings. The highest BCUT2D eigenvalue weighted by Crippen LogP contribution is 2.32. The van der Waals surface area contributed by atoms with Crippen molar-refractivity contribution in [3.8, 4) is 0 Å². The number of carbonyl (C=O) groups excluding carboxylic acids is 1. The molecule has 1 heterocycles. The Morgan fingerprint density at radius 1 is 1.32 bits per heavy atom. The summed E-state index contributed by atoms with van der Waals surface area (Å²) in [6, 6.07) is 0.444. The van der Waals surface area contributed by atoms with E-state index in [1.807, 2.05) is 0 Å². The Kier molecular flexibility index (Phi) is 4.97. The molecule has 1 aromatic rings. The second-order valence-corrected chi connectivity index (χ2v) is 6.60. The van der Waals surface area contributed by atoms with Crippen LogP contribution < -0.4 is 4.90 Å². The van der Waals surface area contributed by atoms with Crippen LogP contribution in [0, 0.1) is 0 Å². The molecule has 0 saturated heterocycles. The fourth-order valence-electron chi connectivity index (χ4n) is 2.48.